The van der Waals surface area contributed by atoms with E-state index in [0.29, 0.717) is 12.1 Å². The minimum absolute atomic E-state index is 0. The van der Waals surface area contributed by atoms with E-state index < -0.39 is 0 Å². The van der Waals surface area contributed by atoms with Crippen LogP contribution in [0.5, 0.6) is 5.75 Å². The Morgan fingerprint density at radius 1 is 0.806 bits per heavy atom. The van der Waals surface area contributed by atoms with Crippen molar-refractivity contribution in [3.8, 4) is 5.75 Å². The van der Waals surface area contributed by atoms with Gasteiger partial charge in [-0.25, -0.2) is 4.57 Å². The van der Waals surface area contributed by atoms with Gasteiger partial charge in [0.2, 0.25) is 0 Å². The number of carbonyl (C=O) groups is 1. The largest absolute Gasteiger partial charge is 1.00 e. The molecule has 0 aliphatic carbocycles. The minimum atomic E-state index is -0.0455. The normalized spacial score (nSPS) is 10.6. The number of carbonyl (C=O) groups excluding carboxylic acids is 1. The van der Waals surface area contributed by atoms with Crippen LogP contribution in [0, 0.1) is 6.92 Å². The number of ether oxygens (including phenoxy) is 1. The Morgan fingerprint density at radius 2 is 1.39 bits per heavy atom. The van der Waals surface area contributed by atoms with Gasteiger partial charge in [-0.15, -0.1) is 0 Å². The summed E-state index contributed by atoms with van der Waals surface area (Å²) in [7, 11) is 0. The number of nitrogens with zero attached hydrogens (tertiary/aromatic N) is 1. The first kappa shape index (κ1) is 32.4. The van der Waals surface area contributed by atoms with Crippen molar-refractivity contribution in [2.45, 2.75) is 117 Å². The van der Waals surface area contributed by atoms with E-state index in [9.17, 15) is 4.79 Å². The third-order valence-electron chi connectivity index (χ3n) is 6.73. The van der Waals surface area contributed by atoms with Gasteiger partial charge in [0, 0.05) is 25.1 Å². The molecular weight excluding hydrogens is 559 g/mol. The van der Waals surface area contributed by atoms with Gasteiger partial charge in [-0.1, -0.05) is 96.6 Å². The van der Waals surface area contributed by atoms with E-state index in [0.717, 1.165) is 42.9 Å². The molecule has 0 spiro atoms. The molecule has 202 valence electrons. The van der Waals surface area contributed by atoms with Crippen molar-refractivity contribution in [1.82, 2.24) is 5.32 Å². The first-order valence-corrected chi connectivity index (χ1v) is 14.1. The lowest BCUT2D eigenvalue weighted by molar-refractivity contribution is -0.697. The van der Waals surface area contributed by atoms with E-state index in [1.165, 1.54) is 70.6 Å². The molecule has 0 unspecified atom stereocenters. The number of rotatable bonds is 19. The van der Waals surface area contributed by atoms with Crippen LogP contribution in [0.1, 0.15) is 119 Å². The van der Waals surface area contributed by atoms with Crippen LogP contribution in [0.2, 0.25) is 0 Å². The molecule has 2 aromatic rings. The SMILES string of the molecule is CCCCCCCCCCCCCCOc1cccc(CNC(=O)c2cc[n+](CCC)cc2)c1C.[I-]. The van der Waals surface area contributed by atoms with E-state index in [4.69, 9.17) is 4.74 Å². The third kappa shape index (κ3) is 13.1. The summed E-state index contributed by atoms with van der Waals surface area (Å²) in [5, 5.41) is 3.05. The summed E-state index contributed by atoms with van der Waals surface area (Å²) in [5.74, 6) is 0.885. The number of hydrogen-bond acceptors (Lipinski definition) is 2. The highest BCUT2D eigenvalue weighted by molar-refractivity contribution is 5.93. The topological polar surface area (TPSA) is 42.2 Å². The highest BCUT2D eigenvalue weighted by atomic mass is 127. The van der Waals surface area contributed by atoms with Crippen LogP contribution in [-0.4, -0.2) is 12.5 Å². The Kier molecular flexibility index (Phi) is 18.4. The maximum absolute atomic E-state index is 12.5. The number of aryl methyl sites for hydroxylation is 1. The van der Waals surface area contributed by atoms with Crippen LogP contribution in [0.3, 0.4) is 0 Å². The Morgan fingerprint density at radius 3 is 1.97 bits per heavy atom. The second-order valence-corrected chi connectivity index (χ2v) is 9.79. The third-order valence-corrected chi connectivity index (χ3v) is 6.73. The zero-order chi connectivity index (χ0) is 25.1. The van der Waals surface area contributed by atoms with Crippen molar-refractivity contribution >= 4 is 5.91 Å². The fourth-order valence-corrected chi connectivity index (χ4v) is 4.43. The second kappa shape index (κ2) is 20.4. The van der Waals surface area contributed by atoms with Crippen molar-refractivity contribution in [2.75, 3.05) is 6.61 Å². The first-order chi connectivity index (χ1) is 17.2. The van der Waals surface area contributed by atoms with E-state index in [2.05, 4.69) is 36.7 Å². The highest BCUT2D eigenvalue weighted by Crippen LogP contribution is 2.22. The average Bonchev–Trinajstić information content (AvgIpc) is 2.87. The molecule has 1 aromatic heterocycles. The Bertz CT molecular complexity index is 839. The first-order valence-electron chi connectivity index (χ1n) is 14.1. The van der Waals surface area contributed by atoms with Crippen LogP contribution in [-0.2, 0) is 13.1 Å². The lowest BCUT2D eigenvalue weighted by Crippen LogP contribution is -3.00. The minimum Gasteiger partial charge on any atom is -1.00 e. The molecule has 0 saturated heterocycles. The summed E-state index contributed by atoms with van der Waals surface area (Å²) in [6.07, 6.45) is 21.2. The van der Waals surface area contributed by atoms with Crippen molar-refractivity contribution in [3.63, 3.8) is 0 Å². The summed E-state index contributed by atoms with van der Waals surface area (Å²) in [6, 6.07) is 9.87. The molecule has 1 amide bonds. The van der Waals surface area contributed by atoms with Crippen molar-refractivity contribution in [1.29, 1.82) is 0 Å². The predicted molar refractivity (Wildman–Crippen MR) is 146 cm³/mol. The molecule has 0 fully saturated rings. The number of amides is 1. The average molecular weight is 609 g/mol. The standard InChI is InChI=1S/C31H48N2O2.HI/c1-4-6-7-8-9-10-11-12-13-14-15-16-25-35-30-19-17-18-29(27(30)3)26-32-31(34)28-20-23-33(22-5-2)24-21-28;/h17-21,23-24H,4-16,22,25-26H2,1-3H3;1H. The summed E-state index contributed by atoms with van der Waals surface area (Å²) < 4.78 is 8.18. The van der Waals surface area contributed by atoms with Crippen LogP contribution in [0.15, 0.2) is 42.7 Å². The number of halogens is 1. The smallest absolute Gasteiger partial charge is 0.252 e. The molecule has 5 heteroatoms. The van der Waals surface area contributed by atoms with Crippen LogP contribution in [0.25, 0.3) is 0 Å². The lowest BCUT2D eigenvalue weighted by Gasteiger charge is -2.13. The van der Waals surface area contributed by atoms with Crippen LogP contribution in [0.4, 0.5) is 0 Å². The van der Waals surface area contributed by atoms with Gasteiger partial charge >= 0.3 is 0 Å². The van der Waals surface area contributed by atoms with Gasteiger partial charge in [0.1, 0.15) is 12.3 Å². The lowest BCUT2D eigenvalue weighted by atomic mass is 10.1. The maximum atomic E-state index is 12.5. The van der Waals surface area contributed by atoms with E-state index in [-0.39, 0.29) is 29.9 Å². The van der Waals surface area contributed by atoms with Crippen molar-refractivity contribution < 1.29 is 38.1 Å². The molecule has 0 bridgehead atoms. The number of aromatic nitrogens is 1. The van der Waals surface area contributed by atoms with Gasteiger partial charge in [-0.3, -0.25) is 4.79 Å². The molecule has 0 atom stereocenters. The Balaban J connectivity index is 0.00000648. The molecule has 4 nitrogen and oxygen atoms in total. The fraction of sp³-hybridized carbons (Fsp3) is 0.613. The summed E-state index contributed by atoms with van der Waals surface area (Å²) in [4.78, 5) is 12.5. The van der Waals surface area contributed by atoms with Crippen molar-refractivity contribution in [2.24, 2.45) is 0 Å². The van der Waals surface area contributed by atoms with Gasteiger partial charge in [-0.2, -0.15) is 0 Å². The molecule has 1 N–H and O–H groups in total. The summed E-state index contributed by atoms with van der Waals surface area (Å²) in [5.41, 5.74) is 2.90. The molecule has 36 heavy (non-hydrogen) atoms. The van der Waals surface area contributed by atoms with Crippen LogP contribution < -0.4 is 38.6 Å². The van der Waals surface area contributed by atoms with E-state index >= 15 is 0 Å². The summed E-state index contributed by atoms with van der Waals surface area (Å²) >= 11 is 0. The zero-order valence-corrected chi connectivity index (χ0v) is 25.2. The zero-order valence-electron chi connectivity index (χ0n) is 23.0. The molecule has 0 aliphatic heterocycles. The van der Waals surface area contributed by atoms with Gasteiger partial charge in [0.25, 0.3) is 5.91 Å². The van der Waals surface area contributed by atoms with Crippen molar-refractivity contribution in [3.05, 3.63) is 59.4 Å². The van der Waals surface area contributed by atoms with Gasteiger partial charge in [0.15, 0.2) is 12.4 Å². The number of benzene rings is 1. The second-order valence-electron chi connectivity index (χ2n) is 9.79. The molecule has 0 saturated carbocycles. The molecule has 0 radical (unpaired) electrons. The Hall–Kier alpha value is -1.63. The molecule has 1 aromatic carbocycles. The summed E-state index contributed by atoms with van der Waals surface area (Å²) in [6.45, 7) is 8.73. The van der Waals surface area contributed by atoms with E-state index in [1.54, 1.807) is 0 Å². The molecule has 1 heterocycles. The quantitative estimate of drug-likeness (QED) is 0.143. The molecule has 2 rings (SSSR count). The van der Waals surface area contributed by atoms with E-state index in [1.807, 2.05) is 36.7 Å². The monoisotopic (exact) mass is 608 g/mol. The maximum Gasteiger partial charge on any atom is 0.252 e. The van der Waals surface area contributed by atoms with Gasteiger partial charge in [0.05, 0.1) is 12.2 Å². The molecular formula is C31H49IN2O2. The highest BCUT2D eigenvalue weighted by Gasteiger charge is 2.10. The number of hydrogen-bond donors (Lipinski definition) is 1. The predicted octanol–water partition coefficient (Wildman–Crippen LogP) is 4.71. The number of nitrogens with one attached hydrogen (secondary N) is 1. The fourth-order valence-electron chi connectivity index (χ4n) is 4.43. The number of pyridine rings is 1. The van der Waals surface area contributed by atoms with Gasteiger partial charge < -0.3 is 34.0 Å². The molecule has 0 aliphatic rings. The Labute approximate surface area is 237 Å². The van der Waals surface area contributed by atoms with Crippen LogP contribution >= 0.6 is 0 Å². The number of unbranched alkanes of at least 4 members (excludes halogenated alkanes) is 11. The van der Waals surface area contributed by atoms with Gasteiger partial charge in [-0.05, 0) is 30.5 Å².